The lowest BCUT2D eigenvalue weighted by Gasteiger charge is -2.08. The topological polar surface area (TPSA) is 81.6 Å². The molecule has 2 saturated heterocycles. The van der Waals surface area contributed by atoms with Crippen molar-refractivity contribution < 1.29 is 14.4 Å². The van der Waals surface area contributed by atoms with Crippen LogP contribution in [0.25, 0.3) is 0 Å². The van der Waals surface area contributed by atoms with Crippen molar-refractivity contribution in [1.29, 1.82) is 0 Å². The van der Waals surface area contributed by atoms with Crippen LogP contribution in [0, 0.1) is 0 Å². The molecular formula is C10H26BrN2O3P. The summed E-state index contributed by atoms with van der Waals surface area (Å²) in [6, 6.07) is 0. The maximum Gasteiger partial charge on any atom is 0.314 e. The summed E-state index contributed by atoms with van der Waals surface area (Å²) in [5.74, 6) is 0. The van der Waals surface area contributed by atoms with Crippen molar-refractivity contribution in [1.82, 2.24) is 10.6 Å². The molecular weight excluding hydrogens is 307 g/mol. The van der Waals surface area contributed by atoms with Gasteiger partial charge in [-0.3, -0.25) is 4.57 Å². The summed E-state index contributed by atoms with van der Waals surface area (Å²) >= 11 is 0. The van der Waals surface area contributed by atoms with E-state index in [1.807, 2.05) is 0 Å². The van der Waals surface area contributed by atoms with Crippen LogP contribution < -0.4 is 10.6 Å². The van der Waals surface area contributed by atoms with Gasteiger partial charge >= 0.3 is 8.25 Å². The molecule has 0 spiro atoms. The van der Waals surface area contributed by atoms with E-state index in [1.54, 1.807) is 0 Å². The zero-order valence-electron chi connectivity index (χ0n) is 10.3. The van der Waals surface area contributed by atoms with E-state index in [0.717, 1.165) is 0 Å². The van der Waals surface area contributed by atoms with Gasteiger partial charge in [0.1, 0.15) is 0 Å². The van der Waals surface area contributed by atoms with Gasteiger partial charge in [-0.05, 0) is 51.9 Å². The third kappa shape index (κ3) is 22.2. The Labute approximate surface area is 115 Å². The maximum atomic E-state index is 8.74. The maximum absolute atomic E-state index is 8.74. The van der Waals surface area contributed by atoms with E-state index < -0.39 is 8.25 Å². The minimum absolute atomic E-state index is 0. The van der Waals surface area contributed by atoms with Crippen LogP contribution in [-0.4, -0.2) is 36.0 Å². The van der Waals surface area contributed by atoms with Crippen LogP contribution in [0.4, 0.5) is 0 Å². The lowest BCUT2D eigenvalue weighted by atomic mass is 10.2. The summed E-state index contributed by atoms with van der Waals surface area (Å²) in [5.41, 5.74) is 0. The van der Waals surface area contributed by atoms with Gasteiger partial charge in [0.25, 0.3) is 0 Å². The molecule has 0 radical (unpaired) electrons. The number of rotatable bonds is 0. The van der Waals surface area contributed by atoms with Crippen molar-refractivity contribution >= 4 is 25.2 Å². The predicted octanol–water partition coefficient (Wildman–Crippen LogP) is 1.46. The van der Waals surface area contributed by atoms with Gasteiger partial charge in [-0.1, -0.05) is 12.8 Å². The van der Waals surface area contributed by atoms with Gasteiger partial charge in [-0.25, -0.2) is 0 Å². The van der Waals surface area contributed by atoms with Crippen molar-refractivity contribution in [3.63, 3.8) is 0 Å². The summed E-state index contributed by atoms with van der Waals surface area (Å²) < 4.78 is 8.74. The molecule has 4 N–H and O–H groups in total. The molecule has 2 rings (SSSR count). The molecule has 106 valence electrons. The summed E-state index contributed by atoms with van der Waals surface area (Å²) in [6.45, 7) is 5.00. The number of hydrogen-bond donors (Lipinski definition) is 4. The van der Waals surface area contributed by atoms with Crippen LogP contribution >= 0.6 is 25.2 Å². The van der Waals surface area contributed by atoms with Crippen LogP contribution in [0.3, 0.4) is 0 Å². The molecule has 0 amide bonds. The molecule has 17 heavy (non-hydrogen) atoms. The second kappa shape index (κ2) is 16.6. The van der Waals surface area contributed by atoms with E-state index in [-0.39, 0.29) is 17.0 Å². The molecule has 0 aromatic carbocycles. The lowest BCUT2D eigenvalue weighted by Crippen LogP contribution is -2.21. The second-order valence-electron chi connectivity index (χ2n) is 3.90. The van der Waals surface area contributed by atoms with Crippen LogP contribution in [-0.2, 0) is 4.57 Å². The molecule has 7 heteroatoms. The van der Waals surface area contributed by atoms with Gasteiger partial charge in [-0.2, -0.15) is 0 Å². The normalized spacial score (nSPS) is 19.0. The molecule has 0 bridgehead atoms. The molecule has 2 fully saturated rings. The molecule has 0 saturated carbocycles. The smallest absolute Gasteiger partial charge is 0.314 e. The number of hydrogen-bond acceptors (Lipinski definition) is 3. The zero-order valence-corrected chi connectivity index (χ0v) is 13.0. The van der Waals surface area contributed by atoms with Gasteiger partial charge in [0.05, 0.1) is 0 Å². The highest BCUT2D eigenvalue weighted by atomic mass is 79.9. The molecule has 2 aliphatic rings. The highest BCUT2D eigenvalue weighted by molar-refractivity contribution is 8.93. The Bertz CT molecular complexity index is 129. The summed E-state index contributed by atoms with van der Waals surface area (Å²) in [6.07, 6.45) is 8.43. The number of piperidine rings is 2. The van der Waals surface area contributed by atoms with Crippen LogP contribution in [0.2, 0.25) is 0 Å². The van der Waals surface area contributed by atoms with Gasteiger partial charge in [0.15, 0.2) is 0 Å². The van der Waals surface area contributed by atoms with Crippen LogP contribution in [0.1, 0.15) is 38.5 Å². The number of nitrogens with one attached hydrogen (secondary N) is 2. The van der Waals surface area contributed by atoms with Crippen LogP contribution in [0.5, 0.6) is 0 Å². The van der Waals surface area contributed by atoms with E-state index in [2.05, 4.69) is 10.6 Å². The fourth-order valence-corrected chi connectivity index (χ4v) is 1.60. The van der Waals surface area contributed by atoms with Gasteiger partial charge in [0, 0.05) is 0 Å². The fraction of sp³-hybridized carbons (Fsp3) is 1.00. The van der Waals surface area contributed by atoms with Gasteiger partial charge in [0.2, 0.25) is 0 Å². The van der Waals surface area contributed by atoms with Crippen LogP contribution in [0.15, 0.2) is 0 Å². The third-order valence-electron chi connectivity index (χ3n) is 2.41. The van der Waals surface area contributed by atoms with Crippen molar-refractivity contribution in [2.24, 2.45) is 0 Å². The predicted molar refractivity (Wildman–Crippen MR) is 77.2 cm³/mol. The van der Waals surface area contributed by atoms with Crippen molar-refractivity contribution in [3.05, 3.63) is 0 Å². The molecule has 0 unspecified atom stereocenters. The average molecular weight is 333 g/mol. The Hall–Kier alpha value is 0.550. The lowest BCUT2D eigenvalue weighted by molar-refractivity contribution is 0.405. The summed E-state index contributed by atoms with van der Waals surface area (Å²) in [5, 5.41) is 6.57. The van der Waals surface area contributed by atoms with E-state index in [1.165, 1.54) is 64.7 Å². The fourth-order valence-electron chi connectivity index (χ4n) is 1.60. The summed E-state index contributed by atoms with van der Waals surface area (Å²) in [7, 11) is -3.13. The second-order valence-corrected chi connectivity index (χ2v) is 4.47. The van der Waals surface area contributed by atoms with Crippen molar-refractivity contribution in [2.45, 2.75) is 38.5 Å². The molecule has 5 nitrogen and oxygen atoms in total. The van der Waals surface area contributed by atoms with E-state index >= 15 is 0 Å². The van der Waals surface area contributed by atoms with Gasteiger partial charge < -0.3 is 20.4 Å². The molecule has 0 aromatic heterocycles. The Balaban J connectivity index is 0. The Morgan fingerprint density at radius 3 is 1.00 bits per heavy atom. The largest absolute Gasteiger partial charge is 0.326 e. The standard InChI is InChI=1S/2C5H11N.BrH.H3O3P/c2*1-2-4-6-5-3-1;;1-4(2)3/h2*6H,1-5H2;1H;4H,(H2,1,2,3). The monoisotopic (exact) mass is 332 g/mol. The van der Waals surface area contributed by atoms with E-state index in [4.69, 9.17) is 14.4 Å². The molecule has 2 aliphatic heterocycles. The van der Waals surface area contributed by atoms with Crippen molar-refractivity contribution in [2.75, 3.05) is 26.2 Å². The SMILES string of the molecule is Br.C1CCNCC1.C1CCNCC1.O=[PH](O)O. The van der Waals surface area contributed by atoms with Gasteiger partial charge in [-0.15, -0.1) is 17.0 Å². The van der Waals surface area contributed by atoms with E-state index in [0.29, 0.717) is 0 Å². The highest BCUT2D eigenvalue weighted by Crippen LogP contribution is 1.98. The minimum atomic E-state index is -3.13. The first-order valence-corrected chi connectivity index (χ1v) is 7.37. The Kier molecular flexibility index (Phi) is 19.4. The Morgan fingerprint density at radius 2 is 0.941 bits per heavy atom. The third-order valence-corrected chi connectivity index (χ3v) is 2.41. The number of halogens is 1. The quantitative estimate of drug-likeness (QED) is 0.505. The molecule has 2 heterocycles. The zero-order chi connectivity index (χ0) is 12.1. The van der Waals surface area contributed by atoms with E-state index in [9.17, 15) is 0 Å². The molecule has 0 aromatic rings. The summed E-state index contributed by atoms with van der Waals surface area (Å²) in [4.78, 5) is 14.3. The molecule has 0 atom stereocenters. The molecule has 0 aliphatic carbocycles. The average Bonchev–Trinajstić information content (AvgIpc) is 2.34. The highest BCUT2D eigenvalue weighted by Gasteiger charge is 1.94. The first-order valence-electron chi connectivity index (χ1n) is 6.07. The Morgan fingerprint density at radius 1 is 0.706 bits per heavy atom. The van der Waals surface area contributed by atoms with Crippen molar-refractivity contribution in [3.8, 4) is 0 Å². The first kappa shape index (κ1) is 19.9. The minimum Gasteiger partial charge on any atom is -0.326 e. The first-order chi connectivity index (χ1) is 7.73.